The van der Waals surface area contributed by atoms with Crippen LogP contribution in [0.2, 0.25) is 0 Å². The molecule has 2 rings (SSSR count). The van der Waals surface area contributed by atoms with Crippen molar-refractivity contribution in [3.63, 3.8) is 0 Å². The summed E-state index contributed by atoms with van der Waals surface area (Å²) in [5.74, 6) is 0.0543. The van der Waals surface area contributed by atoms with Crippen molar-refractivity contribution in [3.05, 3.63) is 70.2 Å². The molecule has 0 aliphatic carbocycles. The Kier molecular flexibility index (Phi) is 6.58. The van der Waals surface area contributed by atoms with E-state index in [1.807, 2.05) is 42.3 Å². The molecule has 4 heteroatoms. The molecule has 0 spiro atoms. The number of hydrogen-bond acceptors (Lipinski definition) is 2. The first-order chi connectivity index (χ1) is 11.4. The molecular formula is C20H25BrN2O. The molecule has 0 heterocycles. The minimum atomic E-state index is -0.103. The second-order valence-electron chi connectivity index (χ2n) is 6.83. The molecular weight excluding hydrogens is 364 g/mol. The van der Waals surface area contributed by atoms with Crippen LogP contribution in [0.4, 0.5) is 0 Å². The highest BCUT2D eigenvalue weighted by molar-refractivity contribution is 9.10. The quantitative estimate of drug-likeness (QED) is 0.777. The standard InChI is InChI=1S/C20H25BrN2O/c1-20(2,17-9-11-18(21)12-10-17)15-22-19(24)14-23(3)13-16-7-5-4-6-8-16/h4-12H,13-15H2,1-3H3,(H,22,24). The molecule has 0 unspecified atom stereocenters. The zero-order valence-electron chi connectivity index (χ0n) is 14.6. The topological polar surface area (TPSA) is 32.3 Å². The van der Waals surface area contributed by atoms with Crippen LogP contribution in [0.15, 0.2) is 59.1 Å². The van der Waals surface area contributed by atoms with E-state index in [-0.39, 0.29) is 11.3 Å². The van der Waals surface area contributed by atoms with Crippen LogP contribution in [0.25, 0.3) is 0 Å². The van der Waals surface area contributed by atoms with Gasteiger partial charge in [-0.15, -0.1) is 0 Å². The molecule has 128 valence electrons. The van der Waals surface area contributed by atoms with E-state index in [2.05, 4.69) is 59.4 Å². The third-order valence-electron chi connectivity index (χ3n) is 4.06. The molecule has 1 amide bonds. The fourth-order valence-corrected chi connectivity index (χ4v) is 2.84. The monoisotopic (exact) mass is 388 g/mol. The number of hydrogen-bond donors (Lipinski definition) is 1. The van der Waals surface area contributed by atoms with Crippen molar-refractivity contribution in [2.24, 2.45) is 0 Å². The van der Waals surface area contributed by atoms with Gasteiger partial charge in [-0.05, 0) is 30.3 Å². The van der Waals surface area contributed by atoms with Gasteiger partial charge in [-0.1, -0.05) is 72.2 Å². The summed E-state index contributed by atoms with van der Waals surface area (Å²) in [5.41, 5.74) is 2.32. The first-order valence-electron chi connectivity index (χ1n) is 8.12. The average Bonchev–Trinajstić information content (AvgIpc) is 2.54. The van der Waals surface area contributed by atoms with E-state index < -0.39 is 0 Å². The van der Waals surface area contributed by atoms with Gasteiger partial charge in [0.25, 0.3) is 0 Å². The van der Waals surface area contributed by atoms with Crippen molar-refractivity contribution in [1.82, 2.24) is 10.2 Å². The molecule has 24 heavy (non-hydrogen) atoms. The minimum absolute atomic E-state index is 0.0543. The average molecular weight is 389 g/mol. The first-order valence-corrected chi connectivity index (χ1v) is 8.91. The molecule has 0 saturated carbocycles. The van der Waals surface area contributed by atoms with E-state index in [0.29, 0.717) is 13.1 Å². The lowest BCUT2D eigenvalue weighted by Gasteiger charge is -2.26. The van der Waals surface area contributed by atoms with Gasteiger partial charge in [0.15, 0.2) is 0 Å². The van der Waals surface area contributed by atoms with E-state index in [0.717, 1.165) is 11.0 Å². The Hall–Kier alpha value is -1.65. The van der Waals surface area contributed by atoms with Gasteiger partial charge in [-0.2, -0.15) is 0 Å². The highest BCUT2D eigenvalue weighted by Gasteiger charge is 2.21. The number of carbonyl (C=O) groups is 1. The van der Waals surface area contributed by atoms with Gasteiger partial charge in [-0.25, -0.2) is 0 Å². The number of rotatable bonds is 7. The Labute approximate surface area is 153 Å². The molecule has 1 N–H and O–H groups in total. The van der Waals surface area contributed by atoms with Crippen LogP contribution >= 0.6 is 15.9 Å². The van der Waals surface area contributed by atoms with Gasteiger partial charge in [0.1, 0.15) is 0 Å². The van der Waals surface area contributed by atoms with Crippen LogP contribution in [0, 0.1) is 0 Å². The number of amides is 1. The third-order valence-corrected chi connectivity index (χ3v) is 4.59. The molecule has 2 aromatic rings. The number of nitrogens with zero attached hydrogens (tertiary/aromatic N) is 1. The Bertz CT molecular complexity index is 653. The summed E-state index contributed by atoms with van der Waals surface area (Å²) in [4.78, 5) is 14.2. The lowest BCUT2D eigenvalue weighted by atomic mass is 9.84. The third kappa shape index (κ3) is 5.77. The highest BCUT2D eigenvalue weighted by atomic mass is 79.9. The van der Waals surface area contributed by atoms with E-state index in [9.17, 15) is 4.79 Å². The molecule has 0 saturated heterocycles. The van der Waals surface area contributed by atoms with E-state index in [1.54, 1.807) is 0 Å². The van der Waals surface area contributed by atoms with Gasteiger partial charge in [0.05, 0.1) is 6.54 Å². The van der Waals surface area contributed by atoms with Gasteiger partial charge in [0, 0.05) is 23.0 Å². The predicted octanol–water partition coefficient (Wildman–Crippen LogP) is 3.97. The molecule has 0 fully saturated rings. The second kappa shape index (κ2) is 8.45. The molecule has 0 aliphatic rings. The van der Waals surface area contributed by atoms with Crippen LogP contribution < -0.4 is 5.32 Å². The van der Waals surface area contributed by atoms with Crippen LogP contribution in [0.3, 0.4) is 0 Å². The normalized spacial score (nSPS) is 11.5. The number of likely N-dealkylation sites (N-methyl/N-ethyl adjacent to an activating group) is 1. The lowest BCUT2D eigenvalue weighted by Crippen LogP contribution is -2.41. The van der Waals surface area contributed by atoms with Gasteiger partial charge in [0.2, 0.25) is 5.91 Å². The maximum atomic E-state index is 12.2. The fourth-order valence-electron chi connectivity index (χ4n) is 2.57. The summed E-state index contributed by atoms with van der Waals surface area (Å²) in [5, 5.41) is 3.06. The van der Waals surface area contributed by atoms with Crippen LogP contribution in [0.5, 0.6) is 0 Å². The van der Waals surface area contributed by atoms with Gasteiger partial charge >= 0.3 is 0 Å². The smallest absolute Gasteiger partial charge is 0.234 e. The SMILES string of the molecule is CN(CC(=O)NCC(C)(C)c1ccc(Br)cc1)Cc1ccccc1. The number of benzene rings is 2. The predicted molar refractivity (Wildman–Crippen MR) is 103 cm³/mol. The van der Waals surface area contributed by atoms with Crippen molar-refractivity contribution in [2.45, 2.75) is 25.8 Å². The Morgan fingerprint density at radius 2 is 1.71 bits per heavy atom. The summed E-state index contributed by atoms with van der Waals surface area (Å²) < 4.78 is 1.06. The summed E-state index contributed by atoms with van der Waals surface area (Å²) in [6.07, 6.45) is 0. The zero-order chi connectivity index (χ0) is 17.6. The van der Waals surface area contributed by atoms with Crippen molar-refractivity contribution in [1.29, 1.82) is 0 Å². The van der Waals surface area contributed by atoms with Gasteiger partial charge < -0.3 is 5.32 Å². The van der Waals surface area contributed by atoms with Crippen molar-refractivity contribution in [2.75, 3.05) is 20.1 Å². The van der Waals surface area contributed by atoms with E-state index in [1.165, 1.54) is 11.1 Å². The largest absolute Gasteiger partial charge is 0.354 e. The summed E-state index contributed by atoms with van der Waals surface area (Å²) in [6.45, 7) is 6.07. The summed E-state index contributed by atoms with van der Waals surface area (Å²) in [6, 6.07) is 18.4. The Morgan fingerprint density at radius 1 is 1.08 bits per heavy atom. The molecule has 0 radical (unpaired) electrons. The van der Waals surface area contributed by atoms with Crippen LogP contribution in [-0.2, 0) is 16.8 Å². The maximum Gasteiger partial charge on any atom is 0.234 e. The van der Waals surface area contributed by atoms with Crippen molar-refractivity contribution >= 4 is 21.8 Å². The number of nitrogens with one attached hydrogen (secondary N) is 1. The zero-order valence-corrected chi connectivity index (χ0v) is 16.1. The van der Waals surface area contributed by atoms with Gasteiger partial charge in [-0.3, -0.25) is 9.69 Å². The molecule has 0 bridgehead atoms. The molecule has 3 nitrogen and oxygen atoms in total. The highest BCUT2D eigenvalue weighted by Crippen LogP contribution is 2.23. The van der Waals surface area contributed by atoms with E-state index in [4.69, 9.17) is 0 Å². The Morgan fingerprint density at radius 3 is 2.33 bits per heavy atom. The lowest BCUT2D eigenvalue weighted by molar-refractivity contribution is -0.122. The fraction of sp³-hybridized carbons (Fsp3) is 0.350. The van der Waals surface area contributed by atoms with Crippen molar-refractivity contribution in [3.8, 4) is 0 Å². The molecule has 0 aromatic heterocycles. The number of halogens is 1. The number of carbonyl (C=O) groups excluding carboxylic acids is 1. The maximum absolute atomic E-state index is 12.2. The molecule has 0 atom stereocenters. The first kappa shape index (κ1) is 18.7. The molecule has 2 aromatic carbocycles. The molecule has 0 aliphatic heterocycles. The summed E-state index contributed by atoms with van der Waals surface area (Å²) >= 11 is 3.45. The van der Waals surface area contributed by atoms with Crippen LogP contribution in [-0.4, -0.2) is 30.9 Å². The summed E-state index contributed by atoms with van der Waals surface area (Å²) in [7, 11) is 1.96. The van der Waals surface area contributed by atoms with Crippen molar-refractivity contribution < 1.29 is 4.79 Å². The Balaban J connectivity index is 1.82. The van der Waals surface area contributed by atoms with E-state index >= 15 is 0 Å². The van der Waals surface area contributed by atoms with Crippen LogP contribution in [0.1, 0.15) is 25.0 Å². The minimum Gasteiger partial charge on any atom is -0.354 e. The second-order valence-corrected chi connectivity index (χ2v) is 7.74.